The number of likely N-dealkylation sites (N-methyl/N-ethyl adjacent to an activating group) is 1. The fourth-order valence-electron chi connectivity index (χ4n) is 4.08. The monoisotopic (exact) mass is 453 g/mol. The lowest BCUT2D eigenvalue weighted by molar-refractivity contribution is -0.163. The van der Waals surface area contributed by atoms with E-state index in [1.807, 2.05) is 62.4 Å². The highest BCUT2D eigenvalue weighted by Crippen LogP contribution is 2.44. The number of carboxylic acids is 1. The van der Waals surface area contributed by atoms with Crippen LogP contribution in [0.3, 0.4) is 0 Å². The van der Waals surface area contributed by atoms with Crippen LogP contribution in [-0.4, -0.2) is 53.3 Å². The van der Waals surface area contributed by atoms with Crippen LogP contribution in [0.1, 0.15) is 57.1 Å². The predicted octanol–water partition coefficient (Wildman–Crippen LogP) is 4.83. The molecule has 0 aliphatic heterocycles. The number of carbonyl (C=O) groups excluding carboxylic acids is 2. The molecule has 7 heteroatoms. The van der Waals surface area contributed by atoms with Gasteiger partial charge in [-0.1, -0.05) is 62.4 Å². The third-order valence-corrected chi connectivity index (χ3v) is 6.59. The summed E-state index contributed by atoms with van der Waals surface area (Å²) in [6.45, 7) is 5.66. The fourth-order valence-corrected chi connectivity index (χ4v) is 4.08. The molecule has 0 saturated heterocycles. The van der Waals surface area contributed by atoms with E-state index >= 15 is 0 Å². The quantitative estimate of drug-likeness (QED) is 0.547. The van der Waals surface area contributed by atoms with Crippen LogP contribution in [0.4, 0.5) is 4.79 Å². The molecule has 1 aliphatic carbocycles. The summed E-state index contributed by atoms with van der Waals surface area (Å²) in [6.07, 6.45) is -0.0402. The number of amides is 1. The molecule has 2 aromatic carbocycles. The van der Waals surface area contributed by atoms with Crippen LogP contribution in [0, 0.1) is 0 Å². The number of carbonyl (C=O) groups is 3. The van der Waals surface area contributed by atoms with E-state index in [9.17, 15) is 19.5 Å². The third-order valence-electron chi connectivity index (χ3n) is 6.59. The van der Waals surface area contributed by atoms with Crippen molar-refractivity contribution in [3.8, 4) is 11.1 Å². The molecule has 1 atom stereocenters. The van der Waals surface area contributed by atoms with E-state index in [0.717, 1.165) is 27.2 Å². The maximum Gasteiger partial charge on any atom is 0.410 e. The van der Waals surface area contributed by atoms with E-state index in [2.05, 4.69) is 0 Å². The van der Waals surface area contributed by atoms with E-state index < -0.39 is 36.1 Å². The van der Waals surface area contributed by atoms with Gasteiger partial charge in [0.05, 0.1) is 6.42 Å². The van der Waals surface area contributed by atoms with Crippen LogP contribution in [0.5, 0.6) is 0 Å². The van der Waals surface area contributed by atoms with Crippen LogP contribution in [0.15, 0.2) is 48.5 Å². The number of nitrogens with zero attached hydrogens (tertiary/aromatic N) is 1. The Labute approximate surface area is 194 Å². The molecule has 7 nitrogen and oxygen atoms in total. The highest BCUT2D eigenvalue weighted by Gasteiger charge is 2.35. The summed E-state index contributed by atoms with van der Waals surface area (Å²) in [5, 5.41) is 9.64. The molecule has 1 unspecified atom stereocenters. The minimum atomic E-state index is -1.38. The zero-order chi connectivity index (χ0) is 24.2. The number of hydrogen-bond acceptors (Lipinski definition) is 5. The molecule has 1 amide bonds. The molecule has 0 spiro atoms. The van der Waals surface area contributed by atoms with Crippen molar-refractivity contribution in [1.29, 1.82) is 0 Å². The summed E-state index contributed by atoms with van der Waals surface area (Å²) in [4.78, 5) is 37.9. The van der Waals surface area contributed by atoms with Crippen LogP contribution < -0.4 is 0 Å². The summed E-state index contributed by atoms with van der Waals surface area (Å²) >= 11 is 0. The minimum absolute atomic E-state index is 0.0672. The Balaban J connectivity index is 1.68. The Morgan fingerprint density at radius 2 is 1.52 bits per heavy atom. The maximum atomic E-state index is 12.7. The van der Waals surface area contributed by atoms with Gasteiger partial charge >= 0.3 is 18.0 Å². The Morgan fingerprint density at radius 3 is 2.00 bits per heavy atom. The molecule has 0 radical (unpaired) electrons. The van der Waals surface area contributed by atoms with Crippen LogP contribution in [-0.2, 0) is 19.1 Å². The molecule has 176 valence electrons. The number of esters is 1. The Morgan fingerprint density at radius 1 is 1.00 bits per heavy atom. The van der Waals surface area contributed by atoms with Gasteiger partial charge in [-0.15, -0.1) is 0 Å². The average Bonchev–Trinajstić information content (AvgIpc) is 3.14. The summed E-state index contributed by atoms with van der Waals surface area (Å²) in [7, 11) is 1.32. The van der Waals surface area contributed by atoms with Gasteiger partial charge in [-0.2, -0.15) is 0 Å². The first-order valence-corrected chi connectivity index (χ1v) is 11.2. The molecule has 1 aliphatic rings. The van der Waals surface area contributed by atoms with Crippen LogP contribution in [0.25, 0.3) is 11.1 Å². The maximum absolute atomic E-state index is 12.7. The van der Waals surface area contributed by atoms with E-state index in [1.165, 1.54) is 7.05 Å². The predicted molar refractivity (Wildman–Crippen MR) is 124 cm³/mol. The molecule has 0 saturated carbocycles. The second-order valence-corrected chi connectivity index (χ2v) is 8.60. The highest BCUT2D eigenvalue weighted by atomic mass is 16.6. The number of rotatable bonds is 9. The molecule has 2 aromatic rings. The second kappa shape index (κ2) is 10.1. The lowest BCUT2D eigenvalue weighted by Gasteiger charge is -2.29. The van der Waals surface area contributed by atoms with Crippen LogP contribution in [0.2, 0.25) is 0 Å². The van der Waals surface area contributed by atoms with Gasteiger partial charge in [0.2, 0.25) is 0 Å². The highest BCUT2D eigenvalue weighted by molar-refractivity contribution is 5.85. The van der Waals surface area contributed by atoms with Crippen molar-refractivity contribution < 1.29 is 29.0 Å². The first-order chi connectivity index (χ1) is 15.7. The van der Waals surface area contributed by atoms with Gasteiger partial charge in [0.25, 0.3) is 0 Å². The normalized spacial score (nSPS) is 13.6. The zero-order valence-corrected chi connectivity index (χ0v) is 19.5. The number of ether oxygens (including phenoxy) is 2. The number of benzene rings is 2. The average molecular weight is 454 g/mol. The van der Waals surface area contributed by atoms with Crippen molar-refractivity contribution in [3.05, 3.63) is 59.7 Å². The minimum Gasteiger partial charge on any atom is -0.480 e. The van der Waals surface area contributed by atoms with Gasteiger partial charge in [0, 0.05) is 13.0 Å². The number of hydrogen-bond donors (Lipinski definition) is 1. The van der Waals surface area contributed by atoms with Gasteiger partial charge in [0.1, 0.15) is 18.2 Å². The summed E-state index contributed by atoms with van der Waals surface area (Å²) in [5.41, 5.74) is 3.66. The molecule has 0 fully saturated rings. The van der Waals surface area contributed by atoms with E-state index in [1.54, 1.807) is 6.92 Å². The van der Waals surface area contributed by atoms with Crippen molar-refractivity contribution in [2.75, 3.05) is 13.7 Å². The Hall–Kier alpha value is -3.35. The van der Waals surface area contributed by atoms with Crippen molar-refractivity contribution >= 4 is 18.0 Å². The lowest BCUT2D eigenvalue weighted by atomic mass is 9.98. The molecule has 0 bridgehead atoms. The molecule has 0 heterocycles. The lowest BCUT2D eigenvalue weighted by Crippen LogP contribution is -2.45. The second-order valence-electron chi connectivity index (χ2n) is 8.60. The van der Waals surface area contributed by atoms with Gasteiger partial charge in [-0.05, 0) is 42.0 Å². The van der Waals surface area contributed by atoms with E-state index in [-0.39, 0.29) is 12.5 Å². The molecule has 33 heavy (non-hydrogen) atoms. The van der Waals surface area contributed by atoms with Gasteiger partial charge < -0.3 is 14.6 Å². The van der Waals surface area contributed by atoms with Gasteiger partial charge in [0.15, 0.2) is 0 Å². The first-order valence-electron chi connectivity index (χ1n) is 11.2. The largest absolute Gasteiger partial charge is 0.480 e. The number of aliphatic carboxylic acids is 1. The molecular weight excluding hydrogens is 422 g/mol. The molecular formula is C26H31NO6. The van der Waals surface area contributed by atoms with Crippen molar-refractivity contribution in [3.63, 3.8) is 0 Å². The van der Waals surface area contributed by atoms with Gasteiger partial charge in [-0.25, -0.2) is 9.59 Å². The molecule has 1 N–H and O–H groups in total. The smallest absolute Gasteiger partial charge is 0.410 e. The van der Waals surface area contributed by atoms with Crippen molar-refractivity contribution in [2.45, 2.75) is 57.6 Å². The SMILES string of the molecule is CCC(C)(CC)OC(=O)CC(C(=O)O)N(C)C(=O)OCC1c2ccccc2-c2ccccc21. The number of fused-ring (bicyclic) bond motifs is 3. The standard InChI is InChI=1S/C26H31NO6/c1-5-26(3,6-2)33-23(28)15-22(24(29)30)27(4)25(31)32-16-21-19-13-9-7-11-17(19)18-12-8-10-14-20(18)21/h7-14,21-22H,5-6,15-16H2,1-4H3,(H,29,30). The summed E-state index contributed by atoms with van der Waals surface area (Å²) < 4.78 is 11.0. The molecule has 3 rings (SSSR count). The van der Waals surface area contributed by atoms with Crippen molar-refractivity contribution in [1.82, 2.24) is 4.90 Å². The van der Waals surface area contributed by atoms with Gasteiger partial charge in [-0.3, -0.25) is 9.69 Å². The Kier molecular flexibility index (Phi) is 7.41. The molecule has 0 aromatic heterocycles. The summed E-state index contributed by atoms with van der Waals surface area (Å²) in [5.74, 6) is -2.10. The van der Waals surface area contributed by atoms with Crippen LogP contribution >= 0.6 is 0 Å². The summed E-state index contributed by atoms with van der Waals surface area (Å²) in [6, 6.07) is 14.5. The topological polar surface area (TPSA) is 93.1 Å². The number of carboxylic acid groups (broad SMARTS) is 1. The van der Waals surface area contributed by atoms with Crippen molar-refractivity contribution in [2.24, 2.45) is 0 Å². The first kappa shape index (κ1) is 24.3. The third kappa shape index (κ3) is 5.18. The van der Waals surface area contributed by atoms with E-state index in [0.29, 0.717) is 12.8 Å². The zero-order valence-electron chi connectivity index (χ0n) is 19.5. The fraction of sp³-hybridized carbons (Fsp3) is 0.423. The Bertz CT molecular complexity index is 983. The van der Waals surface area contributed by atoms with E-state index in [4.69, 9.17) is 9.47 Å².